The summed E-state index contributed by atoms with van der Waals surface area (Å²) in [5.74, 6) is 1.91. The summed E-state index contributed by atoms with van der Waals surface area (Å²) >= 11 is 2.09. The number of nitrogens with two attached hydrogens (primary N) is 1. The van der Waals surface area contributed by atoms with Crippen LogP contribution in [0, 0.1) is 0 Å². The molecular weight excluding hydrogens is 250 g/mol. The average molecular weight is 275 g/mol. The lowest BCUT2D eigenvalue weighted by molar-refractivity contribution is 0.419. The van der Waals surface area contributed by atoms with Gasteiger partial charge in [0.05, 0.1) is 0 Å². The van der Waals surface area contributed by atoms with Gasteiger partial charge in [-0.15, -0.1) is 0 Å². The van der Waals surface area contributed by atoms with E-state index in [9.17, 15) is 0 Å². The van der Waals surface area contributed by atoms with Crippen molar-refractivity contribution in [3.8, 4) is 0 Å². The van der Waals surface area contributed by atoms with Crippen LogP contribution in [-0.2, 0) is 0 Å². The number of benzene rings is 1. The molecule has 1 nitrogen and oxygen atoms in total. The van der Waals surface area contributed by atoms with E-state index in [2.05, 4.69) is 36.0 Å². The van der Waals surface area contributed by atoms with Crippen LogP contribution in [0.15, 0.2) is 24.3 Å². The van der Waals surface area contributed by atoms with E-state index in [0.717, 1.165) is 16.9 Å². The highest BCUT2D eigenvalue weighted by atomic mass is 32.2. The molecule has 0 aliphatic heterocycles. The van der Waals surface area contributed by atoms with Gasteiger partial charge in [0.1, 0.15) is 0 Å². The van der Waals surface area contributed by atoms with Gasteiger partial charge in [-0.05, 0) is 42.7 Å². The van der Waals surface area contributed by atoms with Gasteiger partial charge < -0.3 is 5.73 Å². The molecular formula is C17H25NS. The molecule has 0 heterocycles. The molecule has 104 valence electrons. The molecule has 2 saturated carbocycles. The minimum absolute atomic E-state index is 0.209. The van der Waals surface area contributed by atoms with Gasteiger partial charge in [0.2, 0.25) is 0 Å². The van der Waals surface area contributed by atoms with Crippen LogP contribution in [-0.4, -0.2) is 11.0 Å². The summed E-state index contributed by atoms with van der Waals surface area (Å²) < 4.78 is 0. The van der Waals surface area contributed by atoms with Crippen LogP contribution in [0.4, 0.5) is 0 Å². The first kappa shape index (κ1) is 13.5. The lowest BCUT2D eigenvalue weighted by Gasteiger charge is -2.26. The van der Waals surface area contributed by atoms with Gasteiger partial charge in [0, 0.05) is 17.0 Å². The van der Waals surface area contributed by atoms with Crippen LogP contribution in [0.2, 0.25) is 0 Å². The van der Waals surface area contributed by atoms with Crippen molar-refractivity contribution in [2.75, 3.05) is 5.75 Å². The Morgan fingerprint density at radius 1 is 1.00 bits per heavy atom. The van der Waals surface area contributed by atoms with Gasteiger partial charge >= 0.3 is 0 Å². The highest BCUT2D eigenvalue weighted by Crippen LogP contribution is 2.37. The SMILES string of the molecule is NC(CSC1CCCC1)c1ccc(C2CCC2)cc1. The van der Waals surface area contributed by atoms with Crippen LogP contribution in [0.3, 0.4) is 0 Å². The van der Waals surface area contributed by atoms with Gasteiger partial charge in [0.15, 0.2) is 0 Å². The summed E-state index contributed by atoms with van der Waals surface area (Å²) in [6.45, 7) is 0. The van der Waals surface area contributed by atoms with Gasteiger partial charge in [-0.1, -0.05) is 43.5 Å². The summed E-state index contributed by atoms with van der Waals surface area (Å²) in [6.07, 6.45) is 9.80. The summed E-state index contributed by atoms with van der Waals surface area (Å²) in [6, 6.07) is 9.33. The lowest BCUT2D eigenvalue weighted by atomic mass is 9.80. The molecule has 2 heteroatoms. The molecule has 2 N–H and O–H groups in total. The van der Waals surface area contributed by atoms with Crippen molar-refractivity contribution in [2.24, 2.45) is 5.73 Å². The van der Waals surface area contributed by atoms with E-state index in [1.807, 2.05) is 0 Å². The highest BCUT2D eigenvalue weighted by molar-refractivity contribution is 7.99. The fourth-order valence-corrected chi connectivity index (χ4v) is 4.49. The molecule has 0 bridgehead atoms. The Morgan fingerprint density at radius 2 is 1.68 bits per heavy atom. The van der Waals surface area contributed by atoms with E-state index in [-0.39, 0.29) is 6.04 Å². The second-order valence-electron chi connectivity index (χ2n) is 6.14. The van der Waals surface area contributed by atoms with Crippen molar-refractivity contribution >= 4 is 11.8 Å². The molecule has 1 aromatic rings. The molecule has 1 atom stereocenters. The Hall–Kier alpha value is -0.470. The van der Waals surface area contributed by atoms with Crippen LogP contribution in [0.1, 0.15) is 68.0 Å². The van der Waals surface area contributed by atoms with Crippen molar-refractivity contribution in [3.63, 3.8) is 0 Å². The van der Waals surface area contributed by atoms with Crippen LogP contribution < -0.4 is 5.73 Å². The van der Waals surface area contributed by atoms with Crippen LogP contribution in [0.25, 0.3) is 0 Å². The monoisotopic (exact) mass is 275 g/mol. The van der Waals surface area contributed by atoms with Crippen molar-refractivity contribution in [1.82, 2.24) is 0 Å². The zero-order valence-corrected chi connectivity index (χ0v) is 12.5. The Kier molecular flexibility index (Phi) is 4.49. The second kappa shape index (κ2) is 6.32. The first-order chi connectivity index (χ1) is 9.33. The molecule has 19 heavy (non-hydrogen) atoms. The van der Waals surface area contributed by atoms with Crippen molar-refractivity contribution in [1.29, 1.82) is 0 Å². The third-order valence-electron chi connectivity index (χ3n) is 4.75. The largest absolute Gasteiger partial charge is 0.323 e. The maximum Gasteiger partial charge on any atom is 0.0386 e. The van der Waals surface area contributed by atoms with E-state index in [4.69, 9.17) is 5.73 Å². The van der Waals surface area contributed by atoms with E-state index in [1.54, 1.807) is 0 Å². The number of rotatable bonds is 5. The zero-order chi connectivity index (χ0) is 13.1. The molecule has 0 spiro atoms. The molecule has 0 radical (unpaired) electrons. The maximum atomic E-state index is 6.32. The second-order valence-corrected chi connectivity index (χ2v) is 7.47. The zero-order valence-electron chi connectivity index (χ0n) is 11.7. The quantitative estimate of drug-likeness (QED) is 0.848. The van der Waals surface area contributed by atoms with Gasteiger partial charge in [-0.3, -0.25) is 0 Å². The Labute approximate surface area is 121 Å². The average Bonchev–Trinajstić information content (AvgIpc) is 2.88. The number of thioether (sulfide) groups is 1. The standard InChI is InChI=1S/C17H25NS/c18-17(12-19-16-6-1-2-7-16)15-10-8-14(9-11-15)13-4-3-5-13/h8-11,13,16-17H,1-7,12,18H2. The predicted molar refractivity (Wildman–Crippen MR) is 84.7 cm³/mol. The minimum Gasteiger partial charge on any atom is -0.323 e. The third kappa shape index (κ3) is 3.35. The third-order valence-corrected chi connectivity index (χ3v) is 6.25. The maximum absolute atomic E-state index is 6.32. The molecule has 1 unspecified atom stereocenters. The summed E-state index contributed by atoms with van der Waals surface area (Å²) in [5, 5.41) is 0.875. The molecule has 0 amide bonds. The summed E-state index contributed by atoms with van der Waals surface area (Å²) in [4.78, 5) is 0. The summed E-state index contributed by atoms with van der Waals surface area (Å²) in [7, 11) is 0. The Balaban J connectivity index is 1.52. The molecule has 2 aliphatic rings. The van der Waals surface area contributed by atoms with E-state index in [1.165, 1.54) is 56.1 Å². The smallest absolute Gasteiger partial charge is 0.0386 e. The molecule has 2 aliphatic carbocycles. The normalized spacial score (nSPS) is 22.4. The van der Waals surface area contributed by atoms with Crippen molar-refractivity contribution < 1.29 is 0 Å². The molecule has 0 saturated heterocycles. The van der Waals surface area contributed by atoms with E-state index in [0.29, 0.717) is 0 Å². The predicted octanol–water partition coefficient (Wildman–Crippen LogP) is 4.63. The molecule has 1 aromatic carbocycles. The highest BCUT2D eigenvalue weighted by Gasteiger charge is 2.20. The summed E-state index contributed by atoms with van der Waals surface area (Å²) in [5.41, 5.74) is 9.16. The Bertz CT molecular complexity index is 390. The number of hydrogen-bond donors (Lipinski definition) is 1. The van der Waals surface area contributed by atoms with Gasteiger partial charge in [0.25, 0.3) is 0 Å². The van der Waals surface area contributed by atoms with Crippen molar-refractivity contribution in [3.05, 3.63) is 35.4 Å². The van der Waals surface area contributed by atoms with Crippen molar-refractivity contribution in [2.45, 2.75) is 62.2 Å². The fraction of sp³-hybridized carbons (Fsp3) is 0.647. The minimum atomic E-state index is 0.209. The first-order valence-corrected chi connectivity index (χ1v) is 8.85. The Morgan fingerprint density at radius 3 is 2.26 bits per heavy atom. The van der Waals surface area contributed by atoms with E-state index < -0.39 is 0 Å². The number of hydrogen-bond acceptors (Lipinski definition) is 2. The first-order valence-electron chi connectivity index (χ1n) is 7.80. The van der Waals surface area contributed by atoms with Crippen LogP contribution in [0.5, 0.6) is 0 Å². The fourth-order valence-electron chi connectivity index (χ4n) is 3.15. The van der Waals surface area contributed by atoms with Gasteiger partial charge in [-0.2, -0.15) is 11.8 Å². The molecule has 3 rings (SSSR count). The van der Waals surface area contributed by atoms with Gasteiger partial charge in [-0.25, -0.2) is 0 Å². The topological polar surface area (TPSA) is 26.0 Å². The molecule has 0 aromatic heterocycles. The molecule has 2 fully saturated rings. The lowest BCUT2D eigenvalue weighted by Crippen LogP contribution is -2.15. The van der Waals surface area contributed by atoms with Crippen LogP contribution >= 0.6 is 11.8 Å². The van der Waals surface area contributed by atoms with E-state index >= 15 is 0 Å².